The number of rotatable bonds is 5. The smallest absolute Gasteiger partial charge is 0.306 e. The highest BCUT2D eigenvalue weighted by molar-refractivity contribution is 6.39. The summed E-state index contributed by atoms with van der Waals surface area (Å²) in [6, 6.07) is 11.0. The Kier molecular flexibility index (Phi) is 6.21. The predicted octanol–water partition coefficient (Wildman–Crippen LogP) is 5.77. The Balaban J connectivity index is 1.45. The maximum Gasteiger partial charge on any atom is 0.306 e. The van der Waals surface area contributed by atoms with Gasteiger partial charge in [-0.15, -0.1) is 0 Å². The van der Waals surface area contributed by atoms with Crippen molar-refractivity contribution in [3.05, 3.63) is 63.4 Å². The van der Waals surface area contributed by atoms with Crippen LogP contribution in [0.4, 0.5) is 10.1 Å². The Labute approximate surface area is 192 Å². The molecule has 31 heavy (non-hydrogen) atoms. The molecule has 0 aliphatic carbocycles. The van der Waals surface area contributed by atoms with Crippen LogP contribution in [0.5, 0.6) is 0 Å². The highest BCUT2D eigenvalue weighted by Gasteiger charge is 2.37. The van der Waals surface area contributed by atoms with E-state index in [0.717, 1.165) is 24.3 Å². The molecule has 0 unspecified atom stereocenters. The maximum atomic E-state index is 15.2. The first-order chi connectivity index (χ1) is 14.7. The molecule has 0 radical (unpaired) electrons. The van der Waals surface area contributed by atoms with Gasteiger partial charge in [0.15, 0.2) is 0 Å². The highest BCUT2D eigenvalue weighted by atomic mass is 35.5. The van der Waals surface area contributed by atoms with Crippen LogP contribution in [0.2, 0.25) is 10.0 Å². The van der Waals surface area contributed by atoms with Crippen molar-refractivity contribution in [3.8, 4) is 0 Å². The quantitative estimate of drug-likeness (QED) is 0.609. The SMILES string of the molecule is CC(C)(c1ccc(C2CN(c3c(Cl)cccc3Cl)C2)cc1F)N1CCC(C(=O)O)CC1. The summed E-state index contributed by atoms with van der Waals surface area (Å²) in [5.41, 5.74) is 1.96. The van der Waals surface area contributed by atoms with E-state index in [4.69, 9.17) is 23.2 Å². The van der Waals surface area contributed by atoms with Crippen molar-refractivity contribution in [2.45, 2.75) is 38.1 Å². The zero-order chi connectivity index (χ0) is 22.3. The van der Waals surface area contributed by atoms with Gasteiger partial charge < -0.3 is 10.0 Å². The fourth-order valence-corrected chi connectivity index (χ4v) is 5.44. The Morgan fingerprint density at radius 3 is 2.26 bits per heavy atom. The second-order valence-electron chi connectivity index (χ2n) is 9.07. The van der Waals surface area contributed by atoms with E-state index in [1.807, 2.05) is 44.2 Å². The van der Waals surface area contributed by atoms with Gasteiger partial charge in [0, 0.05) is 30.1 Å². The minimum Gasteiger partial charge on any atom is -0.481 e. The number of piperidine rings is 1. The Morgan fingerprint density at radius 1 is 1.10 bits per heavy atom. The van der Waals surface area contributed by atoms with Gasteiger partial charge in [0.05, 0.1) is 21.7 Å². The minimum atomic E-state index is -0.736. The predicted molar refractivity (Wildman–Crippen MR) is 123 cm³/mol. The Hall–Kier alpha value is -1.82. The number of hydrogen-bond acceptors (Lipinski definition) is 3. The third kappa shape index (κ3) is 4.28. The van der Waals surface area contributed by atoms with Crippen LogP contribution in [-0.2, 0) is 10.3 Å². The minimum absolute atomic E-state index is 0.211. The number of carbonyl (C=O) groups is 1. The molecule has 2 fully saturated rings. The van der Waals surface area contributed by atoms with Gasteiger partial charge in [0.25, 0.3) is 0 Å². The second kappa shape index (κ2) is 8.61. The average Bonchev–Trinajstić information content (AvgIpc) is 2.69. The van der Waals surface area contributed by atoms with Crippen molar-refractivity contribution in [3.63, 3.8) is 0 Å². The van der Waals surface area contributed by atoms with Crippen molar-refractivity contribution < 1.29 is 14.3 Å². The number of anilines is 1. The van der Waals surface area contributed by atoms with E-state index in [1.165, 1.54) is 0 Å². The number of carboxylic acids is 1. The number of para-hydroxylation sites is 1. The number of aliphatic carboxylic acids is 1. The molecule has 0 spiro atoms. The summed E-state index contributed by atoms with van der Waals surface area (Å²) in [7, 11) is 0. The second-order valence-corrected chi connectivity index (χ2v) is 9.88. The maximum absolute atomic E-state index is 15.2. The van der Waals surface area contributed by atoms with Gasteiger partial charge in [-0.25, -0.2) is 4.39 Å². The summed E-state index contributed by atoms with van der Waals surface area (Å²) in [5.74, 6) is -1.02. The Morgan fingerprint density at radius 2 is 1.71 bits per heavy atom. The van der Waals surface area contributed by atoms with Crippen LogP contribution in [0.15, 0.2) is 36.4 Å². The van der Waals surface area contributed by atoms with Crippen LogP contribution in [0.25, 0.3) is 0 Å². The lowest BCUT2D eigenvalue weighted by Gasteiger charge is -2.44. The highest BCUT2D eigenvalue weighted by Crippen LogP contribution is 2.41. The Bertz CT molecular complexity index is 963. The fraction of sp³-hybridized carbons (Fsp3) is 0.458. The largest absolute Gasteiger partial charge is 0.481 e. The zero-order valence-corrected chi connectivity index (χ0v) is 19.3. The van der Waals surface area contributed by atoms with E-state index in [2.05, 4.69) is 9.80 Å². The number of carboxylic acid groups (broad SMARTS) is 1. The van der Waals surface area contributed by atoms with Gasteiger partial charge in [0.1, 0.15) is 5.82 Å². The van der Waals surface area contributed by atoms with E-state index in [0.29, 0.717) is 41.5 Å². The number of benzene rings is 2. The van der Waals surface area contributed by atoms with Gasteiger partial charge >= 0.3 is 5.97 Å². The van der Waals surface area contributed by atoms with Crippen molar-refractivity contribution in [2.24, 2.45) is 5.92 Å². The van der Waals surface area contributed by atoms with Crippen LogP contribution < -0.4 is 4.90 Å². The molecule has 2 aromatic carbocycles. The van der Waals surface area contributed by atoms with E-state index in [9.17, 15) is 9.90 Å². The van der Waals surface area contributed by atoms with Gasteiger partial charge in [-0.05, 0) is 63.5 Å². The fourth-order valence-electron chi connectivity index (χ4n) is 4.80. The summed E-state index contributed by atoms with van der Waals surface area (Å²) in [6.45, 7) is 6.82. The molecule has 2 aromatic rings. The molecular formula is C24H27Cl2FN2O2. The first kappa shape index (κ1) is 22.4. The van der Waals surface area contributed by atoms with Gasteiger partial charge in [0.2, 0.25) is 0 Å². The monoisotopic (exact) mass is 464 g/mol. The summed E-state index contributed by atoms with van der Waals surface area (Å²) in [5, 5.41) is 10.5. The van der Waals surface area contributed by atoms with Crippen LogP contribution in [0, 0.1) is 11.7 Å². The summed E-state index contributed by atoms with van der Waals surface area (Å²) >= 11 is 12.6. The lowest BCUT2D eigenvalue weighted by molar-refractivity contribution is -0.143. The van der Waals surface area contributed by atoms with Crippen LogP contribution >= 0.6 is 23.2 Å². The zero-order valence-electron chi connectivity index (χ0n) is 17.7. The molecule has 2 saturated heterocycles. The molecule has 7 heteroatoms. The number of hydrogen-bond donors (Lipinski definition) is 1. The van der Waals surface area contributed by atoms with Crippen molar-refractivity contribution in [1.29, 1.82) is 0 Å². The number of halogens is 3. The van der Waals surface area contributed by atoms with E-state index in [1.54, 1.807) is 6.07 Å². The molecule has 2 heterocycles. The van der Waals surface area contributed by atoms with E-state index < -0.39 is 11.5 Å². The van der Waals surface area contributed by atoms with Crippen molar-refractivity contribution in [2.75, 3.05) is 31.1 Å². The van der Waals surface area contributed by atoms with Gasteiger partial charge in [-0.1, -0.05) is 41.4 Å². The summed E-state index contributed by atoms with van der Waals surface area (Å²) in [6.07, 6.45) is 1.20. The average molecular weight is 465 g/mol. The third-order valence-corrected chi connectivity index (χ3v) is 7.50. The summed E-state index contributed by atoms with van der Waals surface area (Å²) in [4.78, 5) is 15.5. The van der Waals surface area contributed by atoms with Crippen LogP contribution in [0.1, 0.15) is 43.7 Å². The standard InChI is InChI=1S/C24H27Cl2FN2O2/c1-24(2,29-10-8-15(9-11-29)23(30)31)18-7-6-16(12-21(18)27)17-13-28(14-17)22-19(25)4-3-5-20(22)26/h3-7,12,15,17H,8-11,13-14H2,1-2H3,(H,30,31). The molecular weight excluding hydrogens is 438 g/mol. The van der Waals surface area contributed by atoms with Crippen LogP contribution in [-0.4, -0.2) is 42.2 Å². The molecule has 2 aliphatic heterocycles. The molecule has 2 aliphatic rings. The molecule has 166 valence electrons. The molecule has 0 aromatic heterocycles. The van der Waals surface area contributed by atoms with Crippen LogP contribution in [0.3, 0.4) is 0 Å². The first-order valence-corrected chi connectivity index (χ1v) is 11.4. The normalized spacial score (nSPS) is 18.8. The topological polar surface area (TPSA) is 43.8 Å². The van der Waals surface area contributed by atoms with Crippen molar-refractivity contribution >= 4 is 34.9 Å². The molecule has 0 bridgehead atoms. The molecule has 0 amide bonds. The lowest BCUT2D eigenvalue weighted by Crippen LogP contribution is -2.47. The number of nitrogens with zero attached hydrogens (tertiary/aromatic N) is 2. The van der Waals surface area contributed by atoms with E-state index >= 15 is 4.39 Å². The molecule has 0 atom stereocenters. The molecule has 4 nitrogen and oxygen atoms in total. The third-order valence-electron chi connectivity index (χ3n) is 6.89. The number of likely N-dealkylation sites (tertiary alicyclic amines) is 1. The first-order valence-electron chi connectivity index (χ1n) is 10.6. The molecule has 1 N–H and O–H groups in total. The van der Waals surface area contributed by atoms with E-state index in [-0.39, 0.29) is 17.7 Å². The van der Waals surface area contributed by atoms with Crippen molar-refractivity contribution in [1.82, 2.24) is 4.90 Å². The summed E-state index contributed by atoms with van der Waals surface area (Å²) < 4.78 is 15.2. The molecule has 0 saturated carbocycles. The lowest BCUT2D eigenvalue weighted by atomic mass is 9.84. The van der Waals surface area contributed by atoms with Gasteiger partial charge in [-0.3, -0.25) is 9.69 Å². The van der Waals surface area contributed by atoms with Gasteiger partial charge in [-0.2, -0.15) is 0 Å². The molecule has 4 rings (SSSR count).